The zero-order chi connectivity index (χ0) is 14.5. The minimum Gasteiger partial charge on any atom is -0.487 e. The van der Waals surface area contributed by atoms with Crippen LogP contribution in [0.5, 0.6) is 5.75 Å². The topological polar surface area (TPSA) is 34.1 Å². The van der Waals surface area contributed by atoms with Gasteiger partial charge in [-0.3, -0.25) is 0 Å². The predicted octanol–water partition coefficient (Wildman–Crippen LogP) is 4.22. The Bertz CT molecular complexity index is 571. The van der Waals surface area contributed by atoms with Gasteiger partial charge in [0.25, 0.3) is 0 Å². The Hall–Kier alpha value is -1.10. The number of nitrogens with one attached hydrogen (secondary N) is 1. The monoisotopic (exact) mass is 310 g/mol. The van der Waals surface area contributed by atoms with Crippen molar-refractivity contribution in [2.75, 3.05) is 7.05 Å². The van der Waals surface area contributed by atoms with E-state index in [2.05, 4.69) is 29.5 Å². The summed E-state index contributed by atoms with van der Waals surface area (Å²) in [7, 11) is 1.92. The van der Waals surface area contributed by atoms with Gasteiger partial charge in [-0.2, -0.15) is 0 Å². The number of hydrogen-bond donors (Lipinski definition) is 1. The molecule has 2 aromatic rings. The summed E-state index contributed by atoms with van der Waals surface area (Å²) >= 11 is 7.74. The van der Waals surface area contributed by atoms with Crippen molar-refractivity contribution in [2.24, 2.45) is 0 Å². The highest BCUT2D eigenvalue weighted by Crippen LogP contribution is 2.29. The van der Waals surface area contributed by atoms with E-state index in [1.165, 1.54) is 0 Å². The van der Waals surface area contributed by atoms with E-state index < -0.39 is 0 Å². The Morgan fingerprint density at radius 1 is 1.45 bits per heavy atom. The van der Waals surface area contributed by atoms with Crippen LogP contribution in [0.4, 0.5) is 0 Å². The third-order valence-electron chi connectivity index (χ3n) is 3.15. The Morgan fingerprint density at radius 3 is 2.90 bits per heavy atom. The summed E-state index contributed by atoms with van der Waals surface area (Å²) in [4.78, 5) is 4.51. The molecule has 0 spiro atoms. The summed E-state index contributed by atoms with van der Waals surface area (Å²) < 4.78 is 5.90. The van der Waals surface area contributed by atoms with Gasteiger partial charge in [-0.1, -0.05) is 18.5 Å². The molecule has 1 N–H and O–H groups in total. The van der Waals surface area contributed by atoms with Crippen LogP contribution in [0.2, 0.25) is 5.02 Å². The average molecular weight is 311 g/mol. The van der Waals surface area contributed by atoms with Gasteiger partial charge in [-0.05, 0) is 38.6 Å². The number of rotatable bonds is 6. The van der Waals surface area contributed by atoms with E-state index in [1.54, 1.807) is 11.3 Å². The van der Waals surface area contributed by atoms with Crippen molar-refractivity contribution >= 4 is 22.9 Å². The highest BCUT2D eigenvalue weighted by molar-refractivity contribution is 7.09. The molecule has 20 heavy (non-hydrogen) atoms. The van der Waals surface area contributed by atoms with E-state index in [0.717, 1.165) is 33.5 Å². The molecule has 0 saturated heterocycles. The van der Waals surface area contributed by atoms with Gasteiger partial charge >= 0.3 is 0 Å². The summed E-state index contributed by atoms with van der Waals surface area (Å²) in [6, 6.07) is 5.89. The standard InChI is InChI=1S/C15H19ClN2OS/c1-4-15-18-12(9-20-15)8-19-14-6-5-11(16)7-13(14)10(2)17-3/h5-7,9-10,17H,4,8H2,1-3H3. The number of aryl methyl sites for hydroxylation is 1. The van der Waals surface area contributed by atoms with Gasteiger partial charge in [0.15, 0.2) is 0 Å². The van der Waals surface area contributed by atoms with Crippen molar-refractivity contribution in [3.8, 4) is 5.75 Å². The quantitative estimate of drug-likeness (QED) is 0.867. The largest absolute Gasteiger partial charge is 0.487 e. The molecule has 0 radical (unpaired) electrons. The first kappa shape index (κ1) is 15.3. The molecule has 0 aliphatic carbocycles. The minimum absolute atomic E-state index is 0.185. The molecule has 0 bridgehead atoms. The third kappa shape index (κ3) is 3.72. The number of aromatic nitrogens is 1. The predicted molar refractivity (Wildman–Crippen MR) is 84.8 cm³/mol. The molecule has 1 unspecified atom stereocenters. The van der Waals surface area contributed by atoms with Crippen LogP contribution in [0.3, 0.4) is 0 Å². The molecule has 1 atom stereocenters. The fourth-order valence-corrected chi connectivity index (χ4v) is 2.78. The van der Waals surface area contributed by atoms with Crippen LogP contribution in [0.1, 0.15) is 36.2 Å². The van der Waals surface area contributed by atoms with Crippen LogP contribution >= 0.6 is 22.9 Å². The SMILES string of the molecule is CCc1nc(COc2ccc(Cl)cc2C(C)NC)cs1. The van der Waals surface area contributed by atoms with Gasteiger partial charge < -0.3 is 10.1 Å². The van der Waals surface area contributed by atoms with Gasteiger partial charge in [0.05, 0.1) is 10.7 Å². The number of thiazole rings is 1. The van der Waals surface area contributed by atoms with Crippen molar-refractivity contribution in [1.82, 2.24) is 10.3 Å². The first-order valence-electron chi connectivity index (χ1n) is 6.66. The van der Waals surface area contributed by atoms with E-state index in [-0.39, 0.29) is 6.04 Å². The lowest BCUT2D eigenvalue weighted by atomic mass is 10.1. The Balaban J connectivity index is 2.12. The maximum atomic E-state index is 6.06. The van der Waals surface area contributed by atoms with Crippen LogP contribution in [0, 0.1) is 0 Å². The maximum absolute atomic E-state index is 6.06. The highest BCUT2D eigenvalue weighted by Gasteiger charge is 2.11. The van der Waals surface area contributed by atoms with E-state index in [1.807, 2.05) is 25.2 Å². The highest BCUT2D eigenvalue weighted by atomic mass is 35.5. The first-order chi connectivity index (χ1) is 9.63. The molecule has 2 rings (SSSR count). The molecule has 1 heterocycles. The lowest BCUT2D eigenvalue weighted by molar-refractivity contribution is 0.296. The molecule has 0 amide bonds. The van der Waals surface area contributed by atoms with Crippen LogP contribution in [-0.2, 0) is 13.0 Å². The summed E-state index contributed by atoms with van der Waals surface area (Å²) in [5.74, 6) is 0.849. The van der Waals surface area contributed by atoms with Crippen LogP contribution in [0.15, 0.2) is 23.6 Å². The maximum Gasteiger partial charge on any atom is 0.131 e. The number of halogens is 1. The summed E-state index contributed by atoms with van der Waals surface area (Å²) in [5.41, 5.74) is 2.04. The van der Waals surface area contributed by atoms with Crippen molar-refractivity contribution in [1.29, 1.82) is 0 Å². The molecule has 3 nitrogen and oxygen atoms in total. The molecule has 0 aliphatic rings. The average Bonchev–Trinajstić information content (AvgIpc) is 2.93. The van der Waals surface area contributed by atoms with E-state index in [4.69, 9.17) is 16.3 Å². The molecule has 1 aromatic carbocycles. The van der Waals surface area contributed by atoms with Gasteiger partial charge in [0.2, 0.25) is 0 Å². The smallest absolute Gasteiger partial charge is 0.131 e. The van der Waals surface area contributed by atoms with Crippen molar-refractivity contribution in [3.05, 3.63) is 44.9 Å². The molecule has 0 fully saturated rings. The van der Waals surface area contributed by atoms with Crippen LogP contribution < -0.4 is 10.1 Å². The fraction of sp³-hybridized carbons (Fsp3) is 0.400. The molecule has 0 aliphatic heterocycles. The Kier molecular flexibility index (Phi) is 5.40. The first-order valence-corrected chi connectivity index (χ1v) is 7.92. The van der Waals surface area contributed by atoms with Crippen LogP contribution in [0.25, 0.3) is 0 Å². The summed E-state index contributed by atoms with van der Waals surface area (Å²) in [6.45, 7) is 4.67. The normalized spacial score (nSPS) is 12.4. The second-order valence-corrected chi connectivity index (χ2v) is 5.95. The molecule has 0 saturated carbocycles. The molecule has 108 valence electrons. The van der Waals surface area contributed by atoms with Crippen molar-refractivity contribution < 1.29 is 4.74 Å². The van der Waals surface area contributed by atoms with E-state index in [0.29, 0.717) is 6.61 Å². The zero-order valence-corrected chi connectivity index (χ0v) is 13.5. The number of hydrogen-bond acceptors (Lipinski definition) is 4. The summed E-state index contributed by atoms with van der Waals surface area (Å²) in [5, 5.41) is 7.12. The minimum atomic E-state index is 0.185. The van der Waals surface area contributed by atoms with Gasteiger partial charge in [-0.25, -0.2) is 4.98 Å². The second-order valence-electron chi connectivity index (χ2n) is 4.57. The Labute approximate surface area is 129 Å². The van der Waals surface area contributed by atoms with Gasteiger partial charge in [0, 0.05) is 22.0 Å². The second kappa shape index (κ2) is 7.07. The van der Waals surface area contributed by atoms with Crippen LogP contribution in [-0.4, -0.2) is 12.0 Å². The van der Waals surface area contributed by atoms with E-state index in [9.17, 15) is 0 Å². The van der Waals surface area contributed by atoms with Gasteiger partial charge in [0.1, 0.15) is 12.4 Å². The zero-order valence-electron chi connectivity index (χ0n) is 11.9. The molecule has 5 heteroatoms. The van der Waals surface area contributed by atoms with E-state index >= 15 is 0 Å². The third-order valence-corrected chi connectivity index (χ3v) is 4.43. The number of benzene rings is 1. The lowest BCUT2D eigenvalue weighted by Gasteiger charge is -2.16. The Morgan fingerprint density at radius 2 is 2.25 bits per heavy atom. The summed E-state index contributed by atoms with van der Waals surface area (Å²) in [6.07, 6.45) is 0.966. The lowest BCUT2D eigenvalue weighted by Crippen LogP contribution is -2.13. The molecular weight excluding hydrogens is 292 g/mol. The van der Waals surface area contributed by atoms with Gasteiger partial charge in [-0.15, -0.1) is 11.3 Å². The fourth-order valence-electron chi connectivity index (χ4n) is 1.87. The molecular formula is C15H19ClN2OS. The van der Waals surface area contributed by atoms with Crippen molar-refractivity contribution in [3.63, 3.8) is 0 Å². The number of nitrogens with zero attached hydrogens (tertiary/aromatic N) is 1. The molecule has 1 aromatic heterocycles. The van der Waals surface area contributed by atoms with Crippen molar-refractivity contribution in [2.45, 2.75) is 32.9 Å². The number of ether oxygens (including phenoxy) is 1.